The van der Waals surface area contributed by atoms with Gasteiger partial charge in [0, 0.05) is 18.2 Å². The molecule has 0 saturated carbocycles. The third-order valence-electron chi connectivity index (χ3n) is 3.94. The third-order valence-corrected chi connectivity index (χ3v) is 3.94. The largest absolute Gasteiger partial charge is 0.497 e. The number of ether oxygens (including phenoxy) is 1. The van der Waals surface area contributed by atoms with Crippen molar-refractivity contribution in [2.75, 3.05) is 13.7 Å². The monoisotopic (exact) mass is 272 g/mol. The summed E-state index contributed by atoms with van der Waals surface area (Å²) in [6.07, 6.45) is 4.33. The summed E-state index contributed by atoms with van der Waals surface area (Å²) in [5.74, 6) is 1.51. The van der Waals surface area contributed by atoms with Gasteiger partial charge in [-0.05, 0) is 50.6 Å². The highest BCUT2D eigenvalue weighted by Gasteiger charge is 2.21. The molecule has 0 spiro atoms. The van der Waals surface area contributed by atoms with E-state index in [0.29, 0.717) is 11.9 Å². The van der Waals surface area contributed by atoms with Gasteiger partial charge in [0.15, 0.2) is 0 Å². The number of benzene rings is 1. The Morgan fingerprint density at radius 1 is 1.35 bits per heavy atom. The van der Waals surface area contributed by atoms with Crippen molar-refractivity contribution in [1.82, 2.24) is 9.88 Å². The molecule has 0 amide bonds. The highest BCUT2D eigenvalue weighted by Crippen LogP contribution is 2.24. The Labute approximate surface area is 119 Å². The van der Waals surface area contributed by atoms with Crippen LogP contribution in [-0.4, -0.2) is 29.6 Å². The lowest BCUT2D eigenvalue weighted by molar-refractivity contribution is 0.257. The highest BCUT2D eigenvalue weighted by molar-refractivity contribution is 5.54. The van der Waals surface area contributed by atoms with Gasteiger partial charge in [-0.15, -0.1) is 0 Å². The average Bonchev–Trinajstić information content (AvgIpc) is 3.10. The molecule has 1 aliphatic heterocycles. The average molecular weight is 272 g/mol. The number of likely N-dealkylation sites (tertiary alicyclic amines) is 1. The van der Waals surface area contributed by atoms with E-state index >= 15 is 0 Å². The predicted octanol–water partition coefficient (Wildman–Crippen LogP) is 3.33. The number of oxazole rings is 1. The van der Waals surface area contributed by atoms with Gasteiger partial charge in [0.1, 0.15) is 12.0 Å². The molecule has 1 atom stereocenters. The maximum atomic E-state index is 5.59. The smallest absolute Gasteiger partial charge is 0.226 e. The van der Waals surface area contributed by atoms with Crippen LogP contribution in [0.15, 0.2) is 34.9 Å². The quantitative estimate of drug-likeness (QED) is 0.855. The lowest BCUT2D eigenvalue weighted by Gasteiger charge is -2.18. The van der Waals surface area contributed by atoms with Crippen LogP contribution in [0, 0.1) is 0 Å². The topological polar surface area (TPSA) is 38.5 Å². The van der Waals surface area contributed by atoms with Gasteiger partial charge < -0.3 is 9.15 Å². The van der Waals surface area contributed by atoms with E-state index in [9.17, 15) is 0 Å². The number of hydrogen-bond donors (Lipinski definition) is 0. The van der Waals surface area contributed by atoms with Crippen molar-refractivity contribution in [3.05, 3.63) is 36.2 Å². The fourth-order valence-electron chi connectivity index (χ4n) is 2.68. The van der Waals surface area contributed by atoms with Crippen molar-refractivity contribution in [2.24, 2.45) is 0 Å². The molecule has 20 heavy (non-hydrogen) atoms. The molecule has 1 fully saturated rings. The molecule has 4 heteroatoms. The summed E-state index contributed by atoms with van der Waals surface area (Å²) in [6, 6.07) is 8.42. The van der Waals surface area contributed by atoms with Crippen LogP contribution >= 0.6 is 0 Å². The Hall–Kier alpha value is -1.81. The first kappa shape index (κ1) is 13.2. The number of methoxy groups -OCH3 is 1. The third kappa shape index (κ3) is 2.70. The molecule has 1 aromatic carbocycles. The van der Waals surface area contributed by atoms with E-state index in [1.54, 1.807) is 13.4 Å². The number of aromatic nitrogens is 1. The van der Waals surface area contributed by atoms with Gasteiger partial charge in [-0.2, -0.15) is 0 Å². The summed E-state index contributed by atoms with van der Waals surface area (Å²) in [6.45, 7) is 4.31. The molecule has 1 aromatic heterocycles. The lowest BCUT2D eigenvalue weighted by Crippen LogP contribution is -2.26. The second-order valence-electron chi connectivity index (χ2n) is 5.33. The molecule has 0 N–H and O–H groups in total. The maximum Gasteiger partial charge on any atom is 0.226 e. The summed E-state index contributed by atoms with van der Waals surface area (Å²) >= 11 is 0. The Balaban J connectivity index is 1.72. The van der Waals surface area contributed by atoms with Crippen LogP contribution in [0.1, 0.15) is 25.5 Å². The summed E-state index contributed by atoms with van der Waals surface area (Å²) in [5.41, 5.74) is 1.98. The van der Waals surface area contributed by atoms with Gasteiger partial charge in [-0.1, -0.05) is 0 Å². The van der Waals surface area contributed by atoms with E-state index in [1.165, 1.54) is 12.8 Å². The van der Waals surface area contributed by atoms with Crippen LogP contribution in [0.25, 0.3) is 11.5 Å². The van der Waals surface area contributed by atoms with E-state index in [-0.39, 0.29) is 0 Å². The van der Waals surface area contributed by atoms with Crippen LogP contribution < -0.4 is 4.74 Å². The molecular formula is C16H20N2O2. The van der Waals surface area contributed by atoms with Crippen molar-refractivity contribution < 1.29 is 9.15 Å². The fourth-order valence-corrected chi connectivity index (χ4v) is 2.68. The zero-order valence-corrected chi connectivity index (χ0v) is 12.0. The zero-order chi connectivity index (χ0) is 13.9. The van der Waals surface area contributed by atoms with Crippen molar-refractivity contribution >= 4 is 0 Å². The number of nitrogens with zero attached hydrogens (tertiary/aromatic N) is 2. The van der Waals surface area contributed by atoms with Crippen LogP contribution in [0.4, 0.5) is 0 Å². The molecule has 1 saturated heterocycles. The van der Waals surface area contributed by atoms with Crippen LogP contribution in [0.3, 0.4) is 0 Å². The summed E-state index contributed by atoms with van der Waals surface area (Å²) in [4.78, 5) is 7.04. The Kier molecular flexibility index (Phi) is 3.74. The minimum absolute atomic E-state index is 0.649. The van der Waals surface area contributed by atoms with Crippen molar-refractivity contribution in [1.29, 1.82) is 0 Å². The molecule has 4 nitrogen and oxygen atoms in total. The Morgan fingerprint density at radius 3 is 2.80 bits per heavy atom. The molecule has 2 heterocycles. The van der Waals surface area contributed by atoms with Gasteiger partial charge in [-0.25, -0.2) is 4.98 Å². The van der Waals surface area contributed by atoms with E-state index < -0.39 is 0 Å². The maximum absolute atomic E-state index is 5.59. The molecule has 0 aliphatic carbocycles. The number of rotatable bonds is 4. The summed E-state index contributed by atoms with van der Waals surface area (Å²) in [7, 11) is 1.66. The highest BCUT2D eigenvalue weighted by atomic mass is 16.5. The fraction of sp³-hybridized carbons (Fsp3) is 0.438. The van der Waals surface area contributed by atoms with Crippen molar-refractivity contribution in [3.8, 4) is 17.2 Å². The molecule has 1 aliphatic rings. The SMILES string of the molecule is COc1ccc(-c2nc(CN3CCCC3C)co2)cc1. The Bertz CT molecular complexity index is 562. The van der Waals surface area contributed by atoms with Gasteiger partial charge >= 0.3 is 0 Å². The van der Waals surface area contributed by atoms with Gasteiger partial charge in [0.2, 0.25) is 5.89 Å². The standard InChI is InChI=1S/C16H20N2O2/c1-12-4-3-9-18(12)10-14-11-20-16(17-14)13-5-7-15(19-2)8-6-13/h5-8,11-12H,3-4,9-10H2,1-2H3. The first-order valence-electron chi connectivity index (χ1n) is 7.09. The second kappa shape index (κ2) is 5.67. The minimum atomic E-state index is 0.649. The summed E-state index contributed by atoms with van der Waals surface area (Å²) < 4.78 is 10.7. The van der Waals surface area contributed by atoms with E-state index in [2.05, 4.69) is 16.8 Å². The predicted molar refractivity (Wildman–Crippen MR) is 77.6 cm³/mol. The molecule has 0 bridgehead atoms. The van der Waals surface area contributed by atoms with Crippen LogP contribution in [-0.2, 0) is 6.54 Å². The number of hydrogen-bond acceptors (Lipinski definition) is 4. The lowest BCUT2D eigenvalue weighted by atomic mass is 10.2. The van der Waals surface area contributed by atoms with Gasteiger partial charge in [0.25, 0.3) is 0 Å². The Morgan fingerprint density at radius 2 is 2.15 bits per heavy atom. The van der Waals surface area contributed by atoms with Crippen LogP contribution in [0.2, 0.25) is 0 Å². The van der Waals surface area contributed by atoms with Crippen molar-refractivity contribution in [3.63, 3.8) is 0 Å². The summed E-state index contributed by atoms with van der Waals surface area (Å²) in [5, 5.41) is 0. The normalized spacial score (nSPS) is 19.4. The first-order chi connectivity index (χ1) is 9.76. The molecule has 3 rings (SSSR count). The molecule has 1 unspecified atom stereocenters. The minimum Gasteiger partial charge on any atom is -0.497 e. The van der Waals surface area contributed by atoms with E-state index in [0.717, 1.165) is 30.1 Å². The van der Waals surface area contributed by atoms with Crippen LogP contribution in [0.5, 0.6) is 5.75 Å². The molecular weight excluding hydrogens is 252 g/mol. The van der Waals surface area contributed by atoms with E-state index in [4.69, 9.17) is 9.15 Å². The van der Waals surface area contributed by atoms with E-state index in [1.807, 2.05) is 24.3 Å². The van der Waals surface area contributed by atoms with Gasteiger partial charge in [0.05, 0.1) is 12.8 Å². The zero-order valence-electron chi connectivity index (χ0n) is 12.0. The molecule has 0 radical (unpaired) electrons. The van der Waals surface area contributed by atoms with Crippen molar-refractivity contribution in [2.45, 2.75) is 32.4 Å². The second-order valence-corrected chi connectivity index (χ2v) is 5.33. The first-order valence-corrected chi connectivity index (χ1v) is 7.09. The molecule has 106 valence electrons. The molecule has 2 aromatic rings. The van der Waals surface area contributed by atoms with Gasteiger partial charge in [-0.3, -0.25) is 4.90 Å².